The minimum Gasteiger partial charge on any atom is -0.341 e. The maximum atomic E-state index is 13.8. The van der Waals surface area contributed by atoms with Gasteiger partial charge in [-0.15, -0.1) is 5.92 Å². The molecular weight excluding hydrogens is 499 g/mol. The molecule has 12 heteroatoms. The Kier molecular flexibility index (Phi) is 6.48. The number of nitrogens with zero attached hydrogens (tertiary/aromatic N) is 6. The van der Waals surface area contributed by atoms with E-state index in [-0.39, 0.29) is 29.4 Å². The number of halogens is 3. The molecule has 0 radical (unpaired) electrons. The molecule has 2 N–H and O–H groups in total. The predicted octanol–water partition coefficient (Wildman–Crippen LogP) is 2.46. The van der Waals surface area contributed by atoms with Crippen molar-refractivity contribution in [1.82, 2.24) is 23.7 Å². The van der Waals surface area contributed by atoms with Crippen LogP contribution in [0.1, 0.15) is 31.2 Å². The van der Waals surface area contributed by atoms with Gasteiger partial charge in [0.05, 0.1) is 18.8 Å². The summed E-state index contributed by atoms with van der Waals surface area (Å²) >= 11 is 0. The van der Waals surface area contributed by atoms with Crippen LogP contribution >= 0.6 is 0 Å². The Labute approximate surface area is 215 Å². The van der Waals surface area contributed by atoms with Crippen LogP contribution in [-0.2, 0) is 26.3 Å². The first-order valence-corrected chi connectivity index (χ1v) is 12.2. The van der Waals surface area contributed by atoms with E-state index in [1.54, 1.807) is 29.7 Å². The molecule has 1 aliphatic rings. The number of pyridine rings is 1. The Morgan fingerprint density at radius 2 is 1.92 bits per heavy atom. The van der Waals surface area contributed by atoms with E-state index in [4.69, 9.17) is 5.73 Å². The van der Waals surface area contributed by atoms with Crippen molar-refractivity contribution in [1.29, 1.82) is 0 Å². The van der Waals surface area contributed by atoms with Gasteiger partial charge in [-0.2, -0.15) is 18.2 Å². The van der Waals surface area contributed by atoms with Crippen LogP contribution in [0.5, 0.6) is 0 Å². The first-order chi connectivity index (χ1) is 18.1. The highest BCUT2D eigenvalue weighted by molar-refractivity contribution is 5.85. The van der Waals surface area contributed by atoms with Gasteiger partial charge in [-0.25, -0.2) is 9.78 Å². The second-order valence-electron chi connectivity index (χ2n) is 9.35. The molecule has 9 nitrogen and oxygen atoms in total. The van der Waals surface area contributed by atoms with Crippen LogP contribution in [0.4, 0.5) is 19.1 Å². The van der Waals surface area contributed by atoms with Crippen LogP contribution in [0.25, 0.3) is 21.9 Å². The molecule has 0 saturated carbocycles. The summed E-state index contributed by atoms with van der Waals surface area (Å²) < 4.78 is 44.6. The van der Waals surface area contributed by atoms with Crippen molar-refractivity contribution in [3.8, 4) is 11.8 Å². The third-order valence-electron chi connectivity index (χ3n) is 6.78. The maximum absolute atomic E-state index is 13.8. The van der Waals surface area contributed by atoms with Gasteiger partial charge in [-0.05, 0) is 31.2 Å². The molecule has 198 valence electrons. The maximum Gasteiger partial charge on any atom is 0.433 e. The fraction of sp³-hybridized carbons (Fsp3) is 0.385. The molecule has 1 aromatic carbocycles. The van der Waals surface area contributed by atoms with Gasteiger partial charge in [0.15, 0.2) is 11.2 Å². The molecule has 5 rings (SSSR count). The van der Waals surface area contributed by atoms with Gasteiger partial charge in [0.1, 0.15) is 5.69 Å². The van der Waals surface area contributed by atoms with Gasteiger partial charge < -0.3 is 10.6 Å². The zero-order chi connectivity index (χ0) is 27.2. The lowest BCUT2D eigenvalue weighted by molar-refractivity contribution is -0.141. The van der Waals surface area contributed by atoms with Crippen molar-refractivity contribution in [2.24, 2.45) is 12.8 Å². The zero-order valence-corrected chi connectivity index (χ0v) is 20.9. The summed E-state index contributed by atoms with van der Waals surface area (Å²) in [6, 6.07) is 7.33. The van der Waals surface area contributed by atoms with E-state index in [9.17, 15) is 22.8 Å². The summed E-state index contributed by atoms with van der Waals surface area (Å²) in [4.78, 5) is 37.6. The van der Waals surface area contributed by atoms with Crippen LogP contribution in [0.15, 0.2) is 39.9 Å². The van der Waals surface area contributed by atoms with Crippen LogP contribution < -0.4 is 21.9 Å². The number of piperidine rings is 1. The number of hydrogen-bond donors (Lipinski definition) is 1. The molecule has 1 saturated heterocycles. The highest BCUT2D eigenvalue weighted by Crippen LogP contribution is 2.31. The van der Waals surface area contributed by atoms with E-state index in [2.05, 4.69) is 21.8 Å². The SMILES string of the molecule is CC#CCn1c(N2CCCC(N)C2)nc2c1c(=O)n(Cc1nc(C(F)(F)F)cc3ccccc13)c(=O)n2C. The van der Waals surface area contributed by atoms with Crippen molar-refractivity contribution in [3.63, 3.8) is 0 Å². The lowest BCUT2D eigenvalue weighted by Gasteiger charge is -2.31. The molecule has 0 bridgehead atoms. The monoisotopic (exact) mass is 525 g/mol. The van der Waals surface area contributed by atoms with Gasteiger partial charge >= 0.3 is 11.9 Å². The van der Waals surface area contributed by atoms with Crippen LogP contribution in [0.2, 0.25) is 0 Å². The van der Waals surface area contributed by atoms with Crippen molar-refractivity contribution < 1.29 is 13.2 Å². The summed E-state index contributed by atoms with van der Waals surface area (Å²) in [5.74, 6) is 6.25. The molecule has 4 aromatic rings. The number of aromatic nitrogens is 5. The van der Waals surface area contributed by atoms with E-state index in [0.29, 0.717) is 29.8 Å². The highest BCUT2D eigenvalue weighted by atomic mass is 19.4. The summed E-state index contributed by atoms with van der Waals surface area (Å²) in [6.07, 6.45) is -2.98. The zero-order valence-electron chi connectivity index (χ0n) is 20.9. The third kappa shape index (κ3) is 4.43. The number of hydrogen-bond acceptors (Lipinski definition) is 6. The van der Waals surface area contributed by atoms with Crippen LogP contribution in [0.3, 0.4) is 0 Å². The molecular formula is C26H26F3N7O2. The summed E-state index contributed by atoms with van der Waals surface area (Å²) in [5.41, 5.74) is 3.97. The van der Waals surface area contributed by atoms with Gasteiger partial charge in [0.25, 0.3) is 5.56 Å². The summed E-state index contributed by atoms with van der Waals surface area (Å²) in [7, 11) is 1.48. The van der Waals surface area contributed by atoms with Crippen molar-refractivity contribution >= 4 is 27.9 Å². The molecule has 1 unspecified atom stereocenters. The van der Waals surface area contributed by atoms with Gasteiger partial charge in [-0.1, -0.05) is 30.2 Å². The van der Waals surface area contributed by atoms with E-state index in [0.717, 1.165) is 23.5 Å². The number of alkyl halides is 3. The normalized spacial score (nSPS) is 16.2. The number of aryl methyl sites for hydroxylation is 1. The van der Waals surface area contributed by atoms with Crippen molar-refractivity contribution in [3.05, 3.63) is 62.6 Å². The minimum absolute atomic E-state index is 0.0318. The van der Waals surface area contributed by atoms with E-state index in [1.165, 1.54) is 17.7 Å². The number of imidazole rings is 1. The fourth-order valence-electron chi connectivity index (χ4n) is 4.93. The highest BCUT2D eigenvalue weighted by Gasteiger charge is 2.33. The Bertz CT molecular complexity index is 1720. The first kappa shape index (κ1) is 25.5. The lowest BCUT2D eigenvalue weighted by Crippen LogP contribution is -2.44. The third-order valence-corrected chi connectivity index (χ3v) is 6.78. The summed E-state index contributed by atoms with van der Waals surface area (Å²) in [6.45, 7) is 2.59. The lowest BCUT2D eigenvalue weighted by atomic mass is 10.1. The quantitative estimate of drug-likeness (QED) is 0.411. The molecule has 38 heavy (non-hydrogen) atoms. The predicted molar refractivity (Wildman–Crippen MR) is 138 cm³/mol. The Morgan fingerprint density at radius 3 is 2.63 bits per heavy atom. The molecule has 0 aliphatic carbocycles. The molecule has 4 heterocycles. The van der Waals surface area contributed by atoms with E-state index >= 15 is 0 Å². The Balaban J connectivity index is 1.73. The smallest absolute Gasteiger partial charge is 0.341 e. The fourth-order valence-corrected chi connectivity index (χ4v) is 4.93. The Hall–Kier alpha value is -4.11. The average molecular weight is 526 g/mol. The standard InChI is InChI=1S/C26H26F3N7O2/c1-3-4-12-35-21-22(32-24(35)34-11-7-9-17(30)14-34)33(2)25(38)36(23(21)37)15-19-18-10-6-5-8-16(18)13-20(31-19)26(27,28)29/h5-6,8,10,13,17H,7,9,11-12,14-15,30H2,1-2H3. The van der Waals surface area contributed by atoms with Gasteiger partial charge in [-0.3, -0.25) is 18.5 Å². The van der Waals surface area contributed by atoms with Crippen LogP contribution in [-0.4, -0.2) is 42.8 Å². The van der Waals surface area contributed by atoms with E-state index < -0.39 is 29.7 Å². The number of nitrogens with two attached hydrogens (primary N) is 1. The largest absolute Gasteiger partial charge is 0.433 e. The molecule has 1 fully saturated rings. The molecule has 1 aliphatic heterocycles. The molecule has 0 amide bonds. The number of benzene rings is 1. The van der Waals surface area contributed by atoms with Gasteiger partial charge in [0.2, 0.25) is 5.95 Å². The van der Waals surface area contributed by atoms with E-state index in [1.807, 2.05) is 4.90 Å². The topological polar surface area (TPSA) is 104 Å². The van der Waals surface area contributed by atoms with Gasteiger partial charge in [0, 0.05) is 31.6 Å². The molecule has 0 spiro atoms. The summed E-state index contributed by atoms with van der Waals surface area (Å²) in [5, 5.41) is 0.727. The van der Waals surface area contributed by atoms with Crippen molar-refractivity contribution in [2.45, 2.75) is 45.1 Å². The number of fused-ring (bicyclic) bond motifs is 2. The molecule has 3 aromatic heterocycles. The number of anilines is 1. The number of rotatable bonds is 4. The minimum atomic E-state index is -4.69. The van der Waals surface area contributed by atoms with Crippen LogP contribution in [0, 0.1) is 11.8 Å². The second kappa shape index (κ2) is 9.64. The average Bonchev–Trinajstić information content (AvgIpc) is 3.27. The Morgan fingerprint density at radius 1 is 1.16 bits per heavy atom. The van der Waals surface area contributed by atoms with Crippen molar-refractivity contribution in [2.75, 3.05) is 18.0 Å². The molecule has 1 atom stereocenters. The first-order valence-electron chi connectivity index (χ1n) is 12.2. The second-order valence-corrected chi connectivity index (χ2v) is 9.35.